The molecule has 0 saturated carbocycles. The van der Waals surface area contributed by atoms with Crippen LogP contribution in [0.25, 0.3) is 21.9 Å². The zero-order valence-electron chi connectivity index (χ0n) is 12.3. The second-order valence-electron chi connectivity index (χ2n) is 4.73. The first-order valence-corrected chi connectivity index (χ1v) is 8.02. The van der Waals surface area contributed by atoms with Gasteiger partial charge in [-0.1, -0.05) is 30.3 Å². The number of methoxy groups -OCH3 is 1. The van der Waals surface area contributed by atoms with Crippen molar-refractivity contribution in [2.24, 2.45) is 0 Å². The van der Waals surface area contributed by atoms with Gasteiger partial charge in [0.15, 0.2) is 0 Å². The lowest BCUT2D eigenvalue weighted by atomic mass is 9.97. The summed E-state index contributed by atoms with van der Waals surface area (Å²) in [6, 6.07) is 18.0. The van der Waals surface area contributed by atoms with Crippen LogP contribution in [-0.2, 0) is 0 Å². The second kappa shape index (κ2) is 6.08. The highest BCUT2D eigenvalue weighted by atomic mass is 32.2. The number of hydrogen-bond acceptors (Lipinski definition) is 4. The van der Waals surface area contributed by atoms with Crippen LogP contribution in [0.5, 0.6) is 5.75 Å². The molecule has 22 heavy (non-hydrogen) atoms. The SMILES string of the molecule is COc1ccc2c(SC)nc(C#N)c(-c3ccccc3)c2c1. The number of nitriles is 1. The third kappa shape index (κ3) is 2.40. The van der Waals surface area contributed by atoms with Crippen LogP contribution >= 0.6 is 11.8 Å². The second-order valence-corrected chi connectivity index (χ2v) is 5.53. The molecular formula is C18H14N2OS. The molecule has 0 bridgehead atoms. The quantitative estimate of drug-likeness (QED) is 0.668. The number of hydrogen-bond donors (Lipinski definition) is 0. The van der Waals surface area contributed by atoms with Gasteiger partial charge in [-0.2, -0.15) is 5.26 Å². The van der Waals surface area contributed by atoms with Crippen LogP contribution < -0.4 is 4.74 Å². The topological polar surface area (TPSA) is 45.9 Å². The summed E-state index contributed by atoms with van der Waals surface area (Å²) in [5.41, 5.74) is 2.28. The van der Waals surface area contributed by atoms with Crippen molar-refractivity contribution < 1.29 is 4.74 Å². The van der Waals surface area contributed by atoms with Gasteiger partial charge in [-0.3, -0.25) is 0 Å². The van der Waals surface area contributed by atoms with E-state index >= 15 is 0 Å². The molecule has 0 atom stereocenters. The van der Waals surface area contributed by atoms with Crippen molar-refractivity contribution in [1.82, 2.24) is 4.98 Å². The number of aromatic nitrogens is 1. The maximum Gasteiger partial charge on any atom is 0.150 e. The summed E-state index contributed by atoms with van der Waals surface area (Å²) in [7, 11) is 1.64. The highest BCUT2D eigenvalue weighted by Gasteiger charge is 2.15. The maximum atomic E-state index is 9.53. The molecule has 0 radical (unpaired) electrons. The molecule has 0 spiro atoms. The van der Waals surface area contributed by atoms with E-state index in [2.05, 4.69) is 11.1 Å². The van der Waals surface area contributed by atoms with Gasteiger partial charge in [0.2, 0.25) is 0 Å². The number of rotatable bonds is 3. The van der Waals surface area contributed by atoms with E-state index in [1.165, 1.54) is 0 Å². The Hall–Kier alpha value is -2.51. The Labute approximate surface area is 133 Å². The van der Waals surface area contributed by atoms with Crippen molar-refractivity contribution in [3.63, 3.8) is 0 Å². The number of nitrogens with zero attached hydrogens (tertiary/aromatic N) is 2. The van der Waals surface area contributed by atoms with Gasteiger partial charge in [-0.25, -0.2) is 4.98 Å². The first-order chi connectivity index (χ1) is 10.8. The van der Waals surface area contributed by atoms with E-state index in [1.807, 2.05) is 54.8 Å². The Bertz CT molecular complexity index is 870. The minimum absolute atomic E-state index is 0.441. The van der Waals surface area contributed by atoms with Gasteiger partial charge in [-0.05, 0) is 35.4 Å². The van der Waals surface area contributed by atoms with Crippen molar-refractivity contribution in [3.8, 4) is 22.9 Å². The Morgan fingerprint density at radius 2 is 1.86 bits per heavy atom. The fourth-order valence-corrected chi connectivity index (χ4v) is 3.10. The van der Waals surface area contributed by atoms with Gasteiger partial charge >= 0.3 is 0 Å². The average Bonchev–Trinajstić information content (AvgIpc) is 2.60. The van der Waals surface area contributed by atoms with Gasteiger partial charge in [0.1, 0.15) is 22.5 Å². The van der Waals surface area contributed by atoms with Crippen molar-refractivity contribution >= 4 is 22.5 Å². The molecule has 3 aromatic rings. The monoisotopic (exact) mass is 306 g/mol. The number of benzene rings is 2. The molecule has 0 unspecified atom stereocenters. The van der Waals surface area contributed by atoms with Crippen LogP contribution in [0.2, 0.25) is 0 Å². The third-order valence-corrected chi connectivity index (χ3v) is 4.24. The van der Waals surface area contributed by atoms with E-state index in [-0.39, 0.29) is 0 Å². The first-order valence-electron chi connectivity index (χ1n) is 6.79. The Kier molecular flexibility index (Phi) is 3.99. The molecule has 0 amide bonds. The average molecular weight is 306 g/mol. The van der Waals surface area contributed by atoms with Crippen molar-refractivity contribution in [1.29, 1.82) is 5.26 Å². The van der Waals surface area contributed by atoms with Crippen molar-refractivity contribution in [2.45, 2.75) is 5.03 Å². The molecule has 1 aromatic heterocycles. The third-order valence-electron chi connectivity index (χ3n) is 3.54. The molecule has 108 valence electrons. The normalized spacial score (nSPS) is 10.4. The molecule has 0 aliphatic rings. The number of ether oxygens (including phenoxy) is 1. The summed E-state index contributed by atoms with van der Waals surface area (Å²) in [4.78, 5) is 4.53. The van der Waals surface area contributed by atoms with Crippen LogP contribution in [0.15, 0.2) is 53.6 Å². The minimum Gasteiger partial charge on any atom is -0.497 e. The predicted molar refractivity (Wildman–Crippen MR) is 90.2 cm³/mol. The van der Waals surface area contributed by atoms with E-state index in [1.54, 1.807) is 18.9 Å². The largest absolute Gasteiger partial charge is 0.497 e. The first kappa shape index (κ1) is 14.4. The molecule has 2 aromatic carbocycles. The maximum absolute atomic E-state index is 9.53. The molecule has 0 saturated heterocycles. The van der Waals surface area contributed by atoms with Gasteiger partial charge in [0, 0.05) is 10.9 Å². The summed E-state index contributed by atoms with van der Waals surface area (Å²) in [6.07, 6.45) is 1.97. The van der Waals surface area contributed by atoms with E-state index < -0.39 is 0 Å². The summed E-state index contributed by atoms with van der Waals surface area (Å²) in [5, 5.41) is 12.4. The molecule has 0 aliphatic carbocycles. The number of pyridine rings is 1. The van der Waals surface area contributed by atoms with E-state index in [0.29, 0.717) is 5.69 Å². The predicted octanol–water partition coefficient (Wildman–Crippen LogP) is 4.50. The fraction of sp³-hybridized carbons (Fsp3) is 0.111. The lowest BCUT2D eigenvalue weighted by molar-refractivity contribution is 0.415. The molecule has 4 heteroatoms. The summed E-state index contributed by atoms with van der Waals surface area (Å²) >= 11 is 1.54. The van der Waals surface area contributed by atoms with Gasteiger partial charge < -0.3 is 4.74 Å². The summed E-state index contributed by atoms with van der Waals surface area (Å²) in [5.74, 6) is 0.770. The highest BCUT2D eigenvalue weighted by molar-refractivity contribution is 7.98. The molecule has 0 N–H and O–H groups in total. The molecule has 3 rings (SSSR count). The lowest BCUT2D eigenvalue weighted by Crippen LogP contribution is -1.95. The Morgan fingerprint density at radius 1 is 1.09 bits per heavy atom. The van der Waals surface area contributed by atoms with Crippen LogP contribution in [0, 0.1) is 11.3 Å². The van der Waals surface area contributed by atoms with Crippen LogP contribution in [0.3, 0.4) is 0 Å². The lowest BCUT2D eigenvalue weighted by Gasteiger charge is -2.13. The molecule has 3 nitrogen and oxygen atoms in total. The molecular weight excluding hydrogens is 292 g/mol. The van der Waals surface area contributed by atoms with Crippen molar-refractivity contribution in [2.75, 3.05) is 13.4 Å². The number of fused-ring (bicyclic) bond motifs is 1. The van der Waals surface area contributed by atoms with Crippen molar-refractivity contribution in [3.05, 3.63) is 54.2 Å². The van der Waals surface area contributed by atoms with Crippen LogP contribution in [0.1, 0.15) is 5.69 Å². The van der Waals surface area contributed by atoms with Gasteiger partial charge in [0.25, 0.3) is 0 Å². The summed E-state index contributed by atoms with van der Waals surface area (Å²) < 4.78 is 5.35. The number of thioether (sulfide) groups is 1. The van der Waals surface area contributed by atoms with Crippen LogP contribution in [0.4, 0.5) is 0 Å². The van der Waals surface area contributed by atoms with Gasteiger partial charge in [-0.15, -0.1) is 11.8 Å². The molecule has 0 aliphatic heterocycles. The van der Waals surface area contributed by atoms with Crippen LogP contribution in [-0.4, -0.2) is 18.3 Å². The summed E-state index contributed by atoms with van der Waals surface area (Å²) in [6.45, 7) is 0. The van der Waals surface area contributed by atoms with E-state index in [4.69, 9.17) is 4.74 Å². The van der Waals surface area contributed by atoms with E-state index in [9.17, 15) is 5.26 Å². The zero-order chi connectivity index (χ0) is 15.5. The van der Waals surface area contributed by atoms with Gasteiger partial charge in [0.05, 0.1) is 7.11 Å². The highest BCUT2D eigenvalue weighted by Crippen LogP contribution is 2.37. The minimum atomic E-state index is 0.441. The van der Waals surface area contributed by atoms with E-state index in [0.717, 1.165) is 32.7 Å². The Balaban J connectivity index is 2.45. The molecule has 1 heterocycles. The molecule has 0 fully saturated rings. The fourth-order valence-electron chi connectivity index (χ4n) is 2.52. The Morgan fingerprint density at radius 3 is 2.50 bits per heavy atom. The smallest absolute Gasteiger partial charge is 0.150 e. The zero-order valence-corrected chi connectivity index (χ0v) is 13.1. The standard InChI is InChI=1S/C18H14N2OS/c1-21-13-8-9-14-15(10-13)17(12-6-4-3-5-7-12)16(11-19)20-18(14)22-2/h3-10H,1-2H3.